The molecule has 0 fully saturated rings. The first-order valence-electron chi connectivity index (χ1n) is 8.52. The third kappa shape index (κ3) is 2.84. The van der Waals surface area contributed by atoms with Gasteiger partial charge in [0, 0.05) is 48.3 Å². The summed E-state index contributed by atoms with van der Waals surface area (Å²) in [4.78, 5) is 0. The van der Waals surface area contributed by atoms with Crippen LogP contribution in [0.15, 0.2) is 54.6 Å². The number of rotatable bonds is 4. The van der Waals surface area contributed by atoms with Crippen LogP contribution < -0.4 is 10.6 Å². The van der Waals surface area contributed by atoms with Crippen LogP contribution in [0, 0.1) is 0 Å². The van der Waals surface area contributed by atoms with Crippen LogP contribution in [0.3, 0.4) is 0 Å². The predicted octanol–water partition coefficient (Wildman–Crippen LogP) is 3.44. The Kier molecular flexibility index (Phi) is 4.03. The highest BCUT2D eigenvalue weighted by molar-refractivity contribution is 5.85. The number of anilines is 1. The summed E-state index contributed by atoms with van der Waals surface area (Å²) in [7, 11) is 0. The smallest absolute Gasteiger partial charge is 0.0486 e. The van der Waals surface area contributed by atoms with Crippen LogP contribution in [-0.4, -0.2) is 24.2 Å². The van der Waals surface area contributed by atoms with E-state index >= 15 is 0 Å². The van der Waals surface area contributed by atoms with Gasteiger partial charge in [0.15, 0.2) is 0 Å². The largest absolute Gasteiger partial charge is 0.383 e. The van der Waals surface area contributed by atoms with E-state index in [4.69, 9.17) is 0 Å². The van der Waals surface area contributed by atoms with E-state index in [1.165, 1.54) is 22.3 Å². The van der Waals surface area contributed by atoms with Crippen LogP contribution >= 0.6 is 0 Å². The Hall–Kier alpha value is -2.26. The van der Waals surface area contributed by atoms with Crippen molar-refractivity contribution in [3.8, 4) is 0 Å². The molecule has 0 aliphatic carbocycles. The molecule has 23 heavy (non-hydrogen) atoms. The van der Waals surface area contributed by atoms with Gasteiger partial charge in [0.05, 0.1) is 0 Å². The Bertz CT molecular complexity index is 789. The van der Waals surface area contributed by atoms with Gasteiger partial charge in [-0.15, -0.1) is 0 Å². The van der Waals surface area contributed by atoms with Crippen molar-refractivity contribution in [1.29, 1.82) is 0 Å². The number of fused-ring (bicyclic) bond motifs is 3. The highest BCUT2D eigenvalue weighted by Gasteiger charge is 2.17. The van der Waals surface area contributed by atoms with E-state index < -0.39 is 0 Å². The summed E-state index contributed by atoms with van der Waals surface area (Å²) in [6, 6.07) is 19.3. The normalized spacial score (nSPS) is 14.4. The molecule has 2 aromatic carbocycles. The molecule has 1 aliphatic heterocycles. The zero-order valence-electron chi connectivity index (χ0n) is 13.4. The van der Waals surface area contributed by atoms with E-state index in [0.717, 1.165) is 39.0 Å². The van der Waals surface area contributed by atoms with Crippen molar-refractivity contribution in [1.82, 2.24) is 9.88 Å². The molecule has 0 atom stereocenters. The zero-order chi connectivity index (χ0) is 15.5. The number of hydrogen-bond acceptors (Lipinski definition) is 2. The van der Waals surface area contributed by atoms with Crippen LogP contribution in [0.5, 0.6) is 0 Å². The molecular weight excluding hydrogens is 282 g/mol. The molecule has 4 rings (SSSR count). The standard InChI is InChI=1S/C20H23N3/c1-2-6-16(7-3-1)22-14-15-23-19-9-5-4-8-17(19)18-10-12-21-13-11-20(18)23/h1-9,21-22H,10-15H2. The highest BCUT2D eigenvalue weighted by Crippen LogP contribution is 2.28. The van der Waals surface area contributed by atoms with Gasteiger partial charge in [0.2, 0.25) is 0 Å². The molecule has 1 aliphatic rings. The number of aromatic nitrogens is 1. The molecule has 3 aromatic rings. The second kappa shape index (κ2) is 6.47. The van der Waals surface area contributed by atoms with Crippen LogP contribution in [0.1, 0.15) is 11.3 Å². The monoisotopic (exact) mass is 305 g/mol. The average Bonchev–Trinajstić information content (AvgIpc) is 2.76. The molecule has 0 saturated carbocycles. The number of para-hydroxylation sites is 2. The molecule has 3 nitrogen and oxygen atoms in total. The number of nitrogens with zero attached hydrogens (tertiary/aromatic N) is 1. The summed E-state index contributed by atoms with van der Waals surface area (Å²) in [6.07, 6.45) is 2.25. The summed E-state index contributed by atoms with van der Waals surface area (Å²) in [6.45, 7) is 4.12. The van der Waals surface area contributed by atoms with Gasteiger partial charge in [0.1, 0.15) is 0 Å². The SMILES string of the molecule is c1ccc(NCCn2c3c(c4ccccc42)CCNCC3)cc1. The lowest BCUT2D eigenvalue weighted by atomic mass is 10.1. The second-order valence-corrected chi connectivity index (χ2v) is 6.14. The van der Waals surface area contributed by atoms with E-state index in [9.17, 15) is 0 Å². The molecule has 2 heterocycles. The maximum Gasteiger partial charge on any atom is 0.0486 e. The zero-order valence-corrected chi connectivity index (χ0v) is 13.4. The fourth-order valence-corrected chi connectivity index (χ4v) is 3.66. The Morgan fingerprint density at radius 3 is 2.61 bits per heavy atom. The number of benzene rings is 2. The predicted molar refractivity (Wildman–Crippen MR) is 97.1 cm³/mol. The fraction of sp³-hybridized carbons (Fsp3) is 0.300. The Morgan fingerprint density at radius 2 is 1.70 bits per heavy atom. The van der Waals surface area contributed by atoms with Crippen molar-refractivity contribution >= 4 is 16.6 Å². The van der Waals surface area contributed by atoms with Gasteiger partial charge in [-0.3, -0.25) is 0 Å². The van der Waals surface area contributed by atoms with Crippen LogP contribution in [0.2, 0.25) is 0 Å². The summed E-state index contributed by atoms with van der Waals surface area (Å²) in [5, 5.41) is 8.49. The molecule has 3 heteroatoms. The second-order valence-electron chi connectivity index (χ2n) is 6.14. The van der Waals surface area contributed by atoms with E-state index in [0.29, 0.717) is 0 Å². The minimum absolute atomic E-state index is 0.947. The van der Waals surface area contributed by atoms with Crippen LogP contribution in [-0.2, 0) is 19.4 Å². The quantitative estimate of drug-likeness (QED) is 0.773. The third-order valence-corrected chi connectivity index (χ3v) is 4.72. The van der Waals surface area contributed by atoms with Gasteiger partial charge in [-0.05, 0) is 36.7 Å². The first-order chi connectivity index (χ1) is 11.4. The van der Waals surface area contributed by atoms with Crippen molar-refractivity contribution in [3.05, 3.63) is 65.9 Å². The van der Waals surface area contributed by atoms with Crippen molar-refractivity contribution in [3.63, 3.8) is 0 Å². The maximum absolute atomic E-state index is 3.53. The van der Waals surface area contributed by atoms with Gasteiger partial charge in [-0.1, -0.05) is 36.4 Å². The lowest BCUT2D eigenvalue weighted by Gasteiger charge is -2.12. The van der Waals surface area contributed by atoms with Gasteiger partial charge in [-0.2, -0.15) is 0 Å². The summed E-state index contributed by atoms with van der Waals surface area (Å²) in [5.74, 6) is 0. The molecule has 2 N–H and O–H groups in total. The van der Waals surface area contributed by atoms with E-state index in [-0.39, 0.29) is 0 Å². The van der Waals surface area contributed by atoms with Gasteiger partial charge < -0.3 is 15.2 Å². The van der Waals surface area contributed by atoms with Crippen molar-refractivity contribution < 1.29 is 0 Å². The van der Waals surface area contributed by atoms with Crippen LogP contribution in [0.4, 0.5) is 5.69 Å². The molecule has 0 saturated heterocycles. The number of hydrogen-bond donors (Lipinski definition) is 2. The Labute approximate surface area is 137 Å². The molecule has 0 radical (unpaired) electrons. The lowest BCUT2D eigenvalue weighted by molar-refractivity contribution is 0.674. The van der Waals surface area contributed by atoms with E-state index in [1.54, 1.807) is 5.56 Å². The summed E-state index contributed by atoms with van der Waals surface area (Å²) >= 11 is 0. The van der Waals surface area contributed by atoms with Crippen molar-refractivity contribution in [2.24, 2.45) is 0 Å². The number of nitrogens with one attached hydrogen (secondary N) is 2. The first kappa shape index (κ1) is 14.3. The fourth-order valence-electron chi connectivity index (χ4n) is 3.66. The maximum atomic E-state index is 3.53. The topological polar surface area (TPSA) is 29.0 Å². The molecule has 0 bridgehead atoms. The minimum atomic E-state index is 0.947. The Morgan fingerprint density at radius 1 is 0.913 bits per heavy atom. The molecular formula is C20H23N3. The average molecular weight is 305 g/mol. The highest BCUT2D eigenvalue weighted by atomic mass is 15.0. The van der Waals surface area contributed by atoms with E-state index in [2.05, 4.69) is 69.8 Å². The van der Waals surface area contributed by atoms with Crippen LogP contribution in [0.25, 0.3) is 10.9 Å². The van der Waals surface area contributed by atoms with Gasteiger partial charge in [-0.25, -0.2) is 0 Å². The first-order valence-corrected chi connectivity index (χ1v) is 8.52. The minimum Gasteiger partial charge on any atom is -0.383 e. The third-order valence-electron chi connectivity index (χ3n) is 4.72. The molecule has 118 valence electrons. The van der Waals surface area contributed by atoms with Gasteiger partial charge >= 0.3 is 0 Å². The summed E-state index contributed by atoms with van der Waals surface area (Å²) < 4.78 is 2.52. The van der Waals surface area contributed by atoms with E-state index in [1.807, 2.05) is 0 Å². The van der Waals surface area contributed by atoms with Crippen molar-refractivity contribution in [2.45, 2.75) is 19.4 Å². The summed E-state index contributed by atoms with van der Waals surface area (Å²) in [5.41, 5.74) is 5.64. The Balaban J connectivity index is 1.62. The lowest BCUT2D eigenvalue weighted by Crippen LogP contribution is -2.18. The van der Waals surface area contributed by atoms with Crippen molar-refractivity contribution in [2.75, 3.05) is 25.0 Å². The molecule has 0 amide bonds. The molecule has 0 unspecified atom stereocenters. The molecule has 0 spiro atoms. The van der Waals surface area contributed by atoms with Gasteiger partial charge in [0.25, 0.3) is 0 Å². The molecule has 1 aromatic heterocycles.